The molecule has 1 unspecified atom stereocenters. The quantitative estimate of drug-likeness (QED) is 0.578. The summed E-state index contributed by atoms with van der Waals surface area (Å²) in [5.74, 6) is 1.94. The third-order valence-corrected chi connectivity index (χ3v) is 4.69. The SMILES string of the molecule is CC1CC2(CCN1)CS(=O)C2. The smallest absolute Gasteiger partial charge is 0.0301 e. The topological polar surface area (TPSA) is 29.1 Å². The number of hydrogen-bond donors (Lipinski definition) is 1. The zero-order valence-corrected chi connectivity index (χ0v) is 7.75. The van der Waals surface area contributed by atoms with Crippen molar-refractivity contribution in [2.75, 3.05) is 18.1 Å². The second-order valence-electron chi connectivity index (χ2n) is 4.04. The third-order valence-electron chi connectivity index (χ3n) is 2.82. The summed E-state index contributed by atoms with van der Waals surface area (Å²) in [6.07, 6.45) is 2.47. The van der Waals surface area contributed by atoms with Gasteiger partial charge in [-0.15, -0.1) is 0 Å². The van der Waals surface area contributed by atoms with E-state index in [0.29, 0.717) is 11.5 Å². The molecule has 2 aliphatic heterocycles. The Balaban J connectivity index is 1.98. The number of piperidine rings is 1. The van der Waals surface area contributed by atoms with Crippen molar-refractivity contribution in [2.45, 2.75) is 25.8 Å². The van der Waals surface area contributed by atoms with Crippen LogP contribution in [0, 0.1) is 5.41 Å². The monoisotopic (exact) mass is 173 g/mol. The van der Waals surface area contributed by atoms with Gasteiger partial charge in [-0.25, -0.2) is 0 Å². The normalized spacial score (nSPS) is 50.6. The number of rotatable bonds is 0. The van der Waals surface area contributed by atoms with Crippen molar-refractivity contribution in [1.82, 2.24) is 5.32 Å². The minimum Gasteiger partial charge on any atom is -0.314 e. The summed E-state index contributed by atoms with van der Waals surface area (Å²) in [5.41, 5.74) is 0.482. The molecule has 0 aromatic heterocycles. The molecule has 2 saturated heterocycles. The van der Waals surface area contributed by atoms with E-state index in [1.54, 1.807) is 0 Å². The van der Waals surface area contributed by atoms with Gasteiger partial charge in [0.15, 0.2) is 0 Å². The molecule has 0 amide bonds. The molecule has 0 radical (unpaired) electrons. The highest BCUT2D eigenvalue weighted by molar-refractivity contribution is 7.86. The maximum atomic E-state index is 11.0. The molecular formula is C8H15NOS. The maximum absolute atomic E-state index is 11.0. The van der Waals surface area contributed by atoms with Crippen LogP contribution in [0.3, 0.4) is 0 Å². The van der Waals surface area contributed by atoms with Crippen molar-refractivity contribution in [3.05, 3.63) is 0 Å². The second kappa shape index (κ2) is 2.56. The van der Waals surface area contributed by atoms with E-state index in [-0.39, 0.29) is 0 Å². The van der Waals surface area contributed by atoms with Gasteiger partial charge in [0.25, 0.3) is 0 Å². The average molecular weight is 173 g/mol. The lowest BCUT2D eigenvalue weighted by Gasteiger charge is -2.46. The molecule has 0 saturated carbocycles. The Morgan fingerprint density at radius 3 is 2.82 bits per heavy atom. The van der Waals surface area contributed by atoms with Crippen LogP contribution in [0.15, 0.2) is 0 Å². The lowest BCUT2D eigenvalue weighted by molar-refractivity contribution is 0.210. The van der Waals surface area contributed by atoms with E-state index in [4.69, 9.17) is 0 Å². The van der Waals surface area contributed by atoms with Gasteiger partial charge in [-0.05, 0) is 31.7 Å². The lowest BCUT2D eigenvalue weighted by Crippen LogP contribution is -2.53. The van der Waals surface area contributed by atoms with E-state index in [2.05, 4.69) is 12.2 Å². The molecule has 1 N–H and O–H groups in total. The molecule has 0 bridgehead atoms. The highest BCUT2D eigenvalue weighted by atomic mass is 32.2. The molecule has 1 spiro atoms. The van der Waals surface area contributed by atoms with E-state index in [9.17, 15) is 4.21 Å². The van der Waals surface area contributed by atoms with Gasteiger partial charge < -0.3 is 5.32 Å². The number of hydrogen-bond acceptors (Lipinski definition) is 2. The first-order valence-corrected chi connectivity index (χ1v) is 5.77. The summed E-state index contributed by atoms with van der Waals surface area (Å²) >= 11 is 0. The van der Waals surface area contributed by atoms with Crippen LogP contribution >= 0.6 is 0 Å². The van der Waals surface area contributed by atoms with E-state index < -0.39 is 10.8 Å². The van der Waals surface area contributed by atoms with E-state index in [1.165, 1.54) is 12.8 Å². The summed E-state index contributed by atoms with van der Waals surface area (Å²) in [6, 6.07) is 0.640. The van der Waals surface area contributed by atoms with Crippen LogP contribution in [-0.2, 0) is 10.8 Å². The number of nitrogens with one attached hydrogen (secondary N) is 1. The molecule has 1 atom stereocenters. The van der Waals surface area contributed by atoms with Gasteiger partial charge >= 0.3 is 0 Å². The Morgan fingerprint density at radius 1 is 1.55 bits per heavy atom. The second-order valence-corrected chi connectivity index (χ2v) is 5.49. The summed E-state index contributed by atoms with van der Waals surface area (Å²) < 4.78 is 11.0. The van der Waals surface area contributed by atoms with Crippen LogP contribution in [0.4, 0.5) is 0 Å². The summed E-state index contributed by atoms with van der Waals surface area (Å²) in [4.78, 5) is 0. The van der Waals surface area contributed by atoms with Crippen LogP contribution in [0.2, 0.25) is 0 Å². The van der Waals surface area contributed by atoms with Crippen molar-refractivity contribution in [3.8, 4) is 0 Å². The van der Waals surface area contributed by atoms with Gasteiger partial charge in [0.1, 0.15) is 0 Å². The maximum Gasteiger partial charge on any atom is 0.0301 e. The first kappa shape index (κ1) is 7.74. The molecule has 0 aromatic rings. The molecular weight excluding hydrogens is 158 g/mol. The van der Waals surface area contributed by atoms with E-state index >= 15 is 0 Å². The van der Waals surface area contributed by atoms with Crippen molar-refractivity contribution < 1.29 is 4.21 Å². The standard InChI is InChI=1S/C8H15NOS/c1-7-4-8(2-3-9-7)5-11(10)6-8/h7,9H,2-6H2,1H3. The van der Waals surface area contributed by atoms with Crippen LogP contribution in [0.1, 0.15) is 19.8 Å². The van der Waals surface area contributed by atoms with Crippen molar-refractivity contribution in [1.29, 1.82) is 0 Å². The van der Waals surface area contributed by atoms with Crippen molar-refractivity contribution in [2.24, 2.45) is 5.41 Å². The molecule has 0 aliphatic carbocycles. The zero-order valence-electron chi connectivity index (χ0n) is 6.93. The van der Waals surface area contributed by atoms with Gasteiger partial charge in [-0.1, -0.05) is 0 Å². The van der Waals surface area contributed by atoms with E-state index in [1.807, 2.05) is 0 Å². The van der Waals surface area contributed by atoms with Crippen LogP contribution < -0.4 is 5.32 Å². The predicted octanol–water partition coefficient (Wildman–Crippen LogP) is 0.507. The minimum atomic E-state index is -0.472. The Hall–Kier alpha value is 0.110. The molecule has 2 nitrogen and oxygen atoms in total. The van der Waals surface area contributed by atoms with Crippen LogP contribution in [-0.4, -0.2) is 28.3 Å². The fourth-order valence-electron chi connectivity index (χ4n) is 2.31. The molecule has 64 valence electrons. The highest BCUT2D eigenvalue weighted by Crippen LogP contribution is 2.40. The molecule has 2 fully saturated rings. The van der Waals surface area contributed by atoms with Crippen molar-refractivity contribution >= 4 is 10.8 Å². The third kappa shape index (κ3) is 1.36. The molecule has 11 heavy (non-hydrogen) atoms. The molecule has 3 heteroatoms. The summed E-state index contributed by atoms with van der Waals surface area (Å²) in [7, 11) is -0.472. The zero-order chi connectivity index (χ0) is 7.90. The lowest BCUT2D eigenvalue weighted by atomic mass is 9.79. The first-order valence-electron chi connectivity index (χ1n) is 4.29. The minimum absolute atomic E-state index is 0.472. The van der Waals surface area contributed by atoms with Gasteiger partial charge in [-0.2, -0.15) is 0 Å². The van der Waals surface area contributed by atoms with Crippen molar-refractivity contribution in [3.63, 3.8) is 0 Å². The Labute approximate surface area is 70.2 Å². The Kier molecular flexibility index (Phi) is 1.80. The van der Waals surface area contributed by atoms with Gasteiger partial charge in [0.2, 0.25) is 0 Å². The summed E-state index contributed by atoms with van der Waals surface area (Å²) in [6.45, 7) is 3.35. The van der Waals surface area contributed by atoms with Crippen LogP contribution in [0.25, 0.3) is 0 Å². The fraction of sp³-hybridized carbons (Fsp3) is 1.00. The van der Waals surface area contributed by atoms with Gasteiger partial charge in [-0.3, -0.25) is 4.21 Å². The highest BCUT2D eigenvalue weighted by Gasteiger charge is 2.44. The molecule has 2 rings (SSSR count). The molecule has 2 aliphatic rings. The van der Waals surface area contributed by atoms with Gasteiger partial charge in [0.05, 0.1) is 0 Å². The Bertz CT molecular complexity index is 185. The predicted molar refractivity (Wildman–Crippen MR) is 47.0 cm³/mol. The summed E-state index contributed by atoms with van der Waals surface area (Å²) in [5, 5.41) is 3.42. The fourth-order valence-corrected chi connectivity index (χ4v) is 4.12. The van der Waals surface area contributed by atoms with Crippen LogP contribution in [0.5, 0.6) is 0 Å². The average Bonchev–Trinajstić information content (AvgIpc) is 1.84. The van der Waals surface area contributed by atoms with Gasteiger partial charge in [0, 0.05) is 28.3 Å². The largest absolute Gasteiger partial charge is 0.314 e. The Morgan fingerprint density at radius 2 is 2.27 bits per heavy atom. The molecule has 0 aromatic carbocycles. The first-order chi connectivity index (χ1) is 5.20. The van der Waals surface area contributed by atoms with E-state index in [0.717, 1.165) is 18.1 Å². The molecule has 2 heterocycles.